The number of hydrogen-bond donors (Lipinski definition) is 2. The Morgan fingerprint density at radius 1 is 1.35 bits per heavy atom. The molecule has 1 aromatic rings. The molecule has 0 aromatic carbocycles. The highest BCUT2D eigenvalue weighted by atomic mass is 127. The van der Waals surface area contributed by atoms with Crippen LogP contribution in [-0.4, -0.2) is 47.0 Å². The highest BCUT2D eigenvalue weighted by Gasteiger charge is 2.07. The van der Waals surface area contributed by atoms with E-state index in [0.717, 1.165) is 24.7 Å². The van der Waals surface area contributed by atoms with Crippen LogP contribution in [0.1, 0.15) is 39.4 Å². The van der Waals surface area contributed by atoms with Gasteiger partial charge >= 0.3 is 0 Å². The molecule has 1 unspecified atom stereocenters. The summed E-state index contributed by atoms with van der Waals surface area (Å²) >= 11 is 0. The molecule has 7 nitrogen and oxygen atoms in total. The number of aryl methyl sites for hydroxylation is 1. The summed E-state index contributed by atoms with van der Waals surface area (Å²) in [6.45, 7) is 8.52. The molecule has 0 aliphatic rings. The minimum atomic E-state index is 0. The first kappa shape index (κ1) is 22.1. The first-order valence-corrected chi connectivity index (χ1v) is 7.89. The molecule has 1 aromatic heterocycles. The van der Waals surface area contributed by atoms with Crippen LogP contribution >= 0.6 is 24.0 Å². The number of guanidine groups is 1. The van der Waals surface area contributed by atoms with Gasteiger partial charge in [-0.3, -0.25) is 0 Å². The van der Waals surface area contributed by atoms with E-state index in [4.69, 9.17) is 4.74 Å². The first-order chi connectivity index (χ1) is 10.5. The maximum absolute atomic E-state index is 5.07. The predicted octanol–water partition coefficient (Wildman–Crippen LogP) is 1.94. The fourth-order valence-corrected chi connectivity index (χ4v) is 1.91. The average Bonchev–Trinajstić information content (AvgIpc) is 2.88. The molecule has 0 aliphatic carbocycles. The van der Waals surface area contributed by atoms with Gasteiger partial charge in [0.25, 0.3) is 0 Å². The van der Waals surface area contributed by atoms with Gasteiger partial charge in [-0.05, 0) is 25.7 Å². The molecule has 0 spiro atoms. The van der Waals surface area contributed by atoms with E-state index < -0.39 is 0 Å². The van der Waals surface area contributed by atoms with Gasteiger partial charge in [0.2, 0.25) is 0 Å². The molecular formula is C15H31IN6O. The van der Waals surface area contributed by atoms with Crippen molar-refractivity contribution >= 4 is 29.9 Å². The van der Waals surface area contributed by atoms with Crippen LogP contribution in [0.25, 0.3) is 0 Å². The number of rotatable bonds is 9. The standard InChI is InChI=1S/C15H30N6O.HI/c1-12(2)6-7-13(3)19-15(16-8-9-22-5)17-10-14-20-18-11-21(14)4;/h11-13H,6-10H2,1-5H3,(H2,16,17,19);1H. The Hall–Kier alpha value is -0.900. The van der Waals surface area contributed by atoms with Crippen molar-refractivity contribution in [3.63, 3.8) is 0 Å². The van der Waals surface area contributed by atoms with Crippen LogP contribution in [0.15, 0.2) is 11.3 Å². The molecular weight excluding hydrogens is 407 g/mol. The van der Waals surface area contributed by atoms with Crippen LogP contribution in [0, 0.1) is 5.92 Å². The lowest BCUT2D eigenvalue weighted by atomic mass is 10.0. The minimum absolute atomic E-state index is 0. The summed E-state index contributed by atoms with van der Waals surface area (Å²) in [7, 11) is 3.61. The molecule has 0 bridgehead atoms. The molecule has 23 heavy (non-hydrogen) atoms. The third kappa shape index (κ3) is 9.75. The van der Waals surface area contributed by atoms with Crippen LogP contribution < -0.4 is 10.6 Å². The summed E-state index contributed by atoms with van der Waals surface area (Å²) in [5.41, 5.74) is 0. The van der Waals surface area contributed by atoms with Crippen LogP contribution in [0.4, 0.5) is 0 Å². The third-order valence-electron chi connectivity index (χ3n) is 3.34. The summed E-state index contributed by atoms with van der Waals surface area (Å²) in [5.74, 6) is 2.34. The molecule has 1 atom stereocenters. The van der Waals surface area contributed by atoms with E-state index >= 15 is 0 Å². The zero-order valence-corrected chi connectivity index (χ0v) is 17.2. The molecule has 8 heteroatoms. The second-order valence-corrected chi connectivity index (χ2v) is 5.96. The lowest BCUT2D eigenvalue weighted by Crippen LogP contribution is -2.43. The zero-order valence-electron chi connectivity index (χ0n) is 14.9. The normalized spacial score (nSPS) is 12.9. The molecule has 0 fully saturated rings. The lowest BCUT2D eigenvalue weighted by molar-refractivity contribution is 0.203. The maximum atomic E-state index is 5.07. The van der Waals surface area contributed by atoms with Gasteiger partial charge in [-0.15, -0.1) is 34.2 Å². The fourth-order valence-electron chi connectivity index (χ4n) is 1.91. The second-order valence-electron chi connectivity index (χ2n) is 5.96. The summed E-state index contributed by atoms with van der Waals surface area (Å²) in [6, 6.07) is 0.371. The second kappa shape index (κ2) is 12.5. The number of nitrogens with zero attached hydrogens (tertiary/aromatic N) is 4. The smallest absolute Gasteiger partial charge is 0.191 e. The van der Waals surface area contributed by atoms with Crippen molar-refractivity contribution in [3.05, 3.63) is 12.2 Å². The molecule has 2 N–H and O–H groups in total. The average molecular weight is 438 g/mol. The molecule has 0 amide bonds. The Balaban J connectivity index is 0.00000484. The number of hydrogen-bond acceptors (Lipinski definition) is 4. The van der Waals surface area contributed by atoms with Crippen molar-refractivity contribution in [1.82, 2.24) is 25.4 Å². The van der Waals surface area contributed by atoms with E-state index in [0.29, 0.717) is 25.1 Å². The molecule has 1 heterocycles. The highest BCUT2D eigenvalue weighted by Crippen LogP contribution is 2.06. The van der Waals surface area contributed by atoms with Gasteiger partial charge in [-0.1, -0.05) is 13.8 Å². The Kier molecular flexibility index (Phi) is 12.0. The van der Waals surface area contributed by atoms with Gasteiger partial charge in [0.15, 0.2) is 11.8 Å². The van der Waals surface area contributed by atoms with Crippen LogP contribution in [0.2, 0.25) is 0 Å². The Labute approximate surface area is 156 Å². The SMILES string of the molecule is COCCNC(=NCc1nncn1C)NC(C)CCC(C)C.I. The number of nitrogens with one attached hydrogen (secondary N) is 2. The number of halogens is 1. The van der Waals surface area contributed by atoms with E-state index in [-0.39, 0.29) is 24.0 Å². The third-order valence-corrected chi connectivity index (χ3v) is 3.34. The quantitative estimate of drug-likeness (QED) is 0.267. The van der Waals surface area contributed by atoms with Crippen molar-refractivity contribution in [2.24, 2.45) is 18.0 Å². The van der Waals surface area contributed by atoms with Crippen LogP contribution in [-0.2, 0) is 18.3 Å². The van der Waals surface area contributed by atoms with Crippen LogP contribution in [0.5, 0.6) is 0 Å². The molecule has 0 saturated heterocycles. The molecule has 1 rings (SSSR count). The highest BCUT2D eigenvalue weighted by molar-refractivity contribution is 14.0. The number of methoxy groups -OCH3 is 1. The predicted molar refractivity (Wildman–Crippen MR) is 104 cm³/mol. The van der Waals surface area contributed by atoms with Crippen molar-refractivity contribution in [2.45, 2.75) is 46.2 Å². The van der Waals surface area contributed by atoms with Crippen molar-refractivity contribution in [1.29, 1.82) is 0 Å². The van der Waals surface area contributed by atoms with Crippen molar-refractivity contribution in [3.8, 4) is 0 Å². The maximum Gasteiger partial charge on any atom is 0.191 e. The lowest BCUT2D eigenvalue weighted by Gasteiger charge is -2.19. The summed E-state index contributed by atoms with van der Waals surface area (Å²) in [4.78, 5) is 4.58. The van der Waals surface area contributed by atoms with E-state index in [1.54, 1.807) is 13.4 Å². The van der Waals surface area contributed by atoms with Crippen LogP contribution in [0.3, 0.4) is 0 Å². The topological polar surface area (TPSA) is 76.4 Å². The Morgan fingerprint density at radius 2 is 2.09 bits per heavy atom. The summed E-state index contributed by atoms with van der Waals surface area (Å²) in [6.07, 6.45) is 4.00. The molecule has 134 valence electrons. The first-order valence-electron chi connectivity index (χ1n) is 7.89. The molecule has 0 radical (unpaired) electrons. The van der Waals surface area contributed by atoms with Gasteiger partial charge in [0.05, 0.1) is 6.61 Å². The zero-order chi connectivity index (χ0) is 16.4. The van der Waals surface area contributed by atoms with Crippen molar-refractivity contribution < 1.29 is 4.74 Å². The Bertz CT molecular complexity index is 449. The van der Waals surface area contributed by atoms with Crippen molar-refractivity contribution in [2.75, 3.05) is 20.3 Å². The monoisotopic (exact) mass is 438 g/mol. The number of aromatic nitrogens is 3. The van der Waals surface area contributed by atoms with E-state index in [1.165, 1.54) is 6.42 Å². The number of ether oxygens (including phenoxy) is 1. The van der Waals surface area contributed by atoms with Gasteiger partial charge in [0, 0.05) is 26.7 Å². The summed E-state index contributed by atoms with van der Waals surface area (Å²) < 4.78 is 6.95. The van der Waals surface area contributed by atoms with Gasteiger partial charge in [0.1, 0.15) is 12.9 Å². The summed E-state index contributed by atoms with van der Waals surface area (Å²) in [5, 5.41) is 14.6. The minimum Gasteiger partial charge on any atom is -0.383 e. The largest absolute Gasteiger partial charge is 0.383 e. The fraction of sp³-hybridized carbons (Fsp3) is 0.800. The van der Waals surface area contributed by atoms with Gasteiger partial charge < -0.3 is 19.9 Å². The Morgan fingerprint density at radius 3 is 2.65 bits per heavy atom. The van der Waals surface area contributed by atoms with E-state index in [9.17, 15) is 0 Å². The van der Waals surface area contributed by atoms with Gasteiger partial charge in [-0.2, -0.15) is 0 Å². The van der Waals surface area contributed by atoms with E-state index in [1.807, 2.05) is 11.6 Å². The number of aliphatic imine (C=N–C) groups is 1. The van der Waals surface area contributed by atoms with Gasteiger partial charge in [-0.25, -0.2) is 4.99 Å². The van der Waals surface area contributed by atoms with E-state index in [2.05, 4.69) is 46.6 Å². The molecule has 0 aliphatic heterocycles. The molecule has 0 saturated carbocycles.